The maximum absolute atomic E-state index is 5.86. The van der Waals surface area contributed by atoms with Crippen LogP contribution in [-0.4, -0.2) is 9.97 Å². The Hall–Kier alpha value is -1.72. The van der Waals surface area contributed by atoms with E-state index in [1.165, 1.54) is 0 Å². The first-order valence-electron chi connectivity index (χ1n) is 7.45. The Labute approximate surface area is 148 Å². The lowest BCUT2D eigenvalue weighted by molar-refractivity contribution is 0.308. The largest absolute Gasteiger partial charge is 0.488 e. The monoisotopic (exact) mass is 388 g/mol. The van der Waals surface area contributed by atoms with Crippen LogP contribution >= 0.6 is 27.3 Å². The number of hydrogen-bond donors (Lipinski definition) is 0. The molecule has 0 saturated heterocycles. The molecule has 0 unspecified atom stereocenters. The van der Waals surface area contributed by atoms with E-state index in [4.69, 9.17) is 4.74 Å². The summed E-state index contributed by atoms with van der Waals surface area (Å²) in [6.45, 7) is 4.68. The molecular weight excluding hydrogens is 372 g/mol. The second kappa shape index (κ2) is 7.23. The summed E-state index contributed by atoms with van der Waals surface area (Å²) in [5.41, 5.74) is 3.24. The minimum Gasteiger partial charge on any atom is -0.488 e. The van der Waals surface area contributed by atoms with Crippen LogP contribution in [-0.2, 0) is 13.0 Å². The quantitative estimate of drug-likeness (QED) is 0.585. The first-order chi connectivity index (χ1) is 11.2. The smallest absolute Gasteiger partial charge is 0.124 e. The van der Waals surface area contributed by atoms with E-state index in [2.05, 4.69) is 38.9 Å². The molecule has 3 nitrogen and oxygen atoms in total. The van der Waals surface area contributed by atoms with Crippen LogP contribution in [0.5, 0.6) is 5.75 Å². The Morgan fingerprint density at radius 2 is 1.96 bits per heavy atom. The highest BCUT2D eigenvalue weighted by molar-refractivity contribution is 9.10. The molecule has 0 spiro atoms. The van der Waals surface area contributed by atoms with Crippen molar-refractivity contribution < 1.29 is 4.74 Å². The molecule has 0 radical (unpaired) electrons. The molecule has 0 bridgehead atoms. The van der Waals surface area contributed by atoms with E-state index in [1.54, 1.807) is 11.3 Å². The second-order valence-electron chi connectivity index (χ2n) is 5.16. The van der Waals surface area contributed by atoms with Crippen molar-refractivity contribution in [3.05, 3.63) is 63.3 Å². The van der Waals surface area contributed by atoms with Crippen molar-refractivity contribution in [2.24, 2.45) is 0 Å². The summed E-state index contributed by atoms with van der Waals surface area (Å²) in [7, 11) is 0. The fourth-order valence-electron chi connectivity index (χ4n) is 2.17. The van der Waals surface area contributed by atoms with Crippen molar-refractivity contribution in [2.75, 3.05) is 0 Å². The lowest BCUT2D eigenvalue weighted by Crippen LogP contribution is -1.94. The van der Waals surface area contributed by atoms with Gasteiger partial charge in [-0.05, 0) is 49.7 Å². The third kappa shape index (κ3) is 3.98. The number of pyridine rings is 1. The van der Waals surface area contributed by atoms with Gasteiger partial charge in [-0.2, -0.15) is 0 Å². The predicted molar refractivity (Wildman–Crippen MR) is 97.9 cm³/mol. The van der Waals surface area contributed by atoms with E-state index < -0.39 is 0 Å². The fourth-order valence-corrected chi connectivity index (χ4v) is 3.41. The van der Waals surface area contributed by atoms with Crippen LogP contribution < -0.4 is 4.74 Å². The van der Waals surface area contributed by atoms with Crippen molar-refractivity contribution in [1.29, 1.82) is 0 Å². The summed E-state index contributed by atoms with van der Waals surface area (Å²) in [6.07, 6.45) is 2.78. The molecule has 3 rings (SSSR count). The topological polar surface area (TPSA) is 35.0 Å². The molecule has 0 saturated carbocycles. The number of halogens is 1. The van der Waals surface area contributed by atoms with Crippen LogP contribution in [0.2, 0.25) is 0 Å². The number of aryl methyl sites for hydroxylation is 2. The average Bonchev–Trinajstić information content (AvgIpc) is 2.95. The van der Waals surface area contributed by atoms with Gasteiger partial charge in [0.15, 0.2) is 0 Å². The van der Waals surface area contributed by atoms with Gasteiger partial charge in [-0.25, -0.2) is 4.98 Å². The molecule has 0 aliphatic carbocycles. The van der Waals surface area contributed by atoms with Gasteiger partial charge in [0.1, 0.15) is 17.4 Å². The van der Waals surface area contributed by atoms with Crippen molar-refractivity contribution in [3.63, 3.8) is 0 Å². The van der Waals surface area contributed by atoms with Gasteiger partial charge in [0.05, 0.1) is 10.6 Å². The summed E-state index contributed by atoms with van der Waals surface area (Å²) in [5.74, 6) is 0.861. The third-order valence-electron chi connectivity index (χ3n) is 3.50. The van der Waals surface area contributed by atoms with Crippen molar-refractivity contribution in [3.8, 4) is 16.3 Å². The molecule has 0 N–H and O–H groups in total. The SMILES string of the molecule is CCc1cc(-c2nc(C)c(COc3ccc(Br)cc3)s2)ccn1. The zero-order chi connectivity index (χ0) is 16.2. The highest BCUT2D eigenvalue weighted by Crippen LogP contribution is 2.29. The van der Waals surface area contributed by atoms with Crippen LogP contribution in [0.25, 0.3) is 10.6 Å². The van der Waals surface area contributed by atoms with Crippen LogP contribution in [0.4, 0.5) is 0 Å². The van der Waals surface area contributed by atoms with E-state index in [-0.39, 0.29) is 0 Å². The number of benzene rings is 1. The molecule has 0 fully saturated rings. The Morgan fingerprint density at radius 1 is 1.17 bits per heavy atom. The normalized spacial score (nSPS) is 10.7. The Morgan fingerprint density at radius 3 is 2.70 bits per heavy atom. The second-order valence-corrected chi connectivity index (χ2v) is 7.16. The summed E-state index contributed by atoms with van der Waals surface area (Å²) >= 11 is 5.11. The number of ether oxygens (including phenoxy) is 1. The van der Waals surface area contributed by atoms with Crippen LogP contribution in [0, 0.1) is 6.92 Å². The van der Waals surface area contributed by atoms with Crippen molar-refractivity contribution in [1.82, 2.24) is 9.97 Å². The Bertz CT molecular complexity index is 799. The minimum atomic E-state index is 0.539. The molecule has 118 valence electrons. The van der Waals surface area contributed by atoms with Crippen LogP contribution in [0.15, 0.2) is 47.1 Å². The summed E-state index contributed by atoms with van der Waals surface area (Å²) in [6, 6.07) is 12.0. The highest BCUT2D eigenvalue weighted by atomic mass is 79.9. The molecule has 1 aromatic carbocycles. The predicted octanol–water partition coefficient (Wildman–Crippen LogP) is 5.42. The molecule has 3 aromatic rings. The summed E-state index contributed by atoms with van der Waals surface area (Å²) in [4.78, 5) is 10.2. The summed E-state index contributed by atoms with van der Waals surface area (Å²) in [5, 5.41) is 1.02. The van der Waals surface area contributed by atoms with Gasteiger partial charge in [0.25, 0.3) is 0 Å². The van der Waals surface area contributed by atoms with E-state index >= 15 is 0 Å². The van der Waals surface area contributed by atoms with Gasteiger partial charge in [-0.1, -0.05) is 22.9 Å². The molecule has 2 heterocycles. The van der Waals surface area contributed by atoms with Gasteiger partial charge < -0.3 is 4.74 Å². The molecule has 0 aliphatic heterocycles. The third-order valence-corrected chi connectivity index (χ3v) is 5.21. The number of nitrogens with zero attached hydrogens (tertiary/aromatic N) is 2. The fraction of sp³-hybridized carbons (Fsp3) is 0.222. The first-order valence-corrected chi connectivity index (χ1v) is 9.06. The van der Waals surface area contributed by atoms with E-state index in [9.17, 15) is 0 Å². The molecule has 23 heavy (non-hydrogen) atoms. The van der Waals surface area contributed by atoms with E-state index in [0.29, 0.717) is 6.61 Å². The van der Waals surface area contributed by atoms with Gasteiger partial charge in [0.2, 0.25) is 0 Å². The number of thiazole rings is 1. The van der Waals surface area contributed by atoms with Crippen molar-refractivity contribution >= 4 is 27.3 Å². The van der Waals surface area contributed by atoms with Crippen LogP contribution in [0.1, 0.15) is 23.2 Å². The summed E-state index contributed by atoms with van der Waals surface area (Å²) < 4.78 is 6.91. The average molecular weight is 389 g/mol. The maximum atomic E-state index is 5.86. The lowest BCUT2D eigenvalue weighted by Gasteiger charge is -2.04. The molecule has 0 atom stereocenters. The van der Waals surface area contributed by atoms with Gasteiger partial charge >= 0.3 is 0 Å². The number of hydrogen-bond acceptors (Lipinski definition) is 4. The molecule has 2 aromatic heterocycles. The zero-order valence-corrected chi connectivity index (χ0v) is 15.4. The molecule has 0 amide bonds. The van der Waals surface area contributed by atoms with Crippen molar-refractivity contribution in [2.45, 2.75) is 26.9 Å². The molecule has 5 heteroatoms. The number of aromatic nitrogens is 2. The first kappa shape index (κ1) is 16.1. The molecular formula is C18H17BrN2OS. The standard InChI is InChI=1S/C18H17BrN2OS/c1-3-15-10-13(8-9-20-15)18-21-12(2)17(23-18)11-22-16-6-4-14(19)5-7-16/h4-10H,3,11H2,1-2H3. The maximum Gasteiger partial charge on any atom is 0.124 e. The van der Waals surface area contributed by atoms with Gasteiger partial charge in [-0.3, -0.25) is 4.98 Å². The lowest BCUT2D eigenvalue weighted by atomic mass is 10.2. The van der Waals surface area contributed by atoms with Gasteiger partial charge in [0, 0.05) is 21.9 Å². The Kier molecular flexibility index (Phi) is 5.08. The zero-order valence-electron chi connectivity index (χ0n) is 13.0. The van der Waals surface area contributed by atoms with E-state index in [1.807, 2.05) is 43.5 Å². The number of rotatable bonds is 5. The highest BCUT2D eigenvalue weighted by Gasteiger charge is 2.11. The Balaban J connectivity index is 1.76. The van der Waals surface area contributed by atoms with Gasteiger partial charge in [-0.15, -0.1) is 11.3 Å². The molecule has 0 aliphatic rings. The van der Waals surface area contributed by atoms with Crippen LogP contribution in [0.3, 0.4) is 0 Å². The van der Waals surface area contributed by atoms with E-state index in [0.717, 1.165) is 43.5 Å². The minimum absolute atomic E-state index is 0.539.